The van der Waals surface area contributed by atoms with Gasteiger partial charge in [-0.05, 0) is 28.8 Å². The van der Waals surface area contributed by atoms with Crippen LogP contribution in [0.3, 0.4) is 0 Å². The minimum atomic E-state index is -0.941. The van der Waals surface area contributed by atoms with Gasteiger partial charge in [0, 0.05) is 23.9 Å². The number of hydrogen-bond acceptors (Lipinski definition) is 4. The standard InChI is InChI=1S/C25H19NO3/c1-28-21-12-13-22-18(14-24(27)29-23(22)15-21)16-25(17-26,19-8-4-2-5-9-19)20-10-6-3-7-11-20/h2-15H,16H2,1H3. The average Bonchev–Trinajstić information content (AvgIpc) is 2.78. The van der Waals surface area contributed by atoms with Crippen LogP contribution in [0, 0.1) is 11.3 Å². The molecule has 1 aromatic heterocycles. The second kappa shape index (κ2) is 7.65. The average molecular weight is 381 g/mol. The van der Waals surface area contributed by atoms with Crippen LogP contribution in [0.2, 0.25) is 0 Å². The zero-order valence-electron chi connectivity index (χ0n) is 16.0. The van der Waals surface area contributed by atoms with Crippen LogP contribution in [0.4, 0.5) is 0 Å². The maximum absolute atomic E-state index is 12.3. The Labute approximate surface area is 168 Å². The van der Waals surface area contributed by atoms with Gasteiger partial charge in [0.25, 0.3) is 0 Å². The Hall–Kier alpha value is -3.84. The summed E-state index contributed by atoms with van der Waals surface area (Å²) in [6, 6.07) is 28.8. The largest absolute Gasteiger partial charge is 0.497 e. The number of benzene rings is 3. The zero-order chi connectivity index (χ0) is 20.3. The first-order valence-electron chi connectivity index (χ1n) is 9.29. The number of fused-ring (bicyclic) bond motifs is 1. The van der Waals surface area contributed by atoms with Crippen LogP contribution in [-0.2, 0) is 11.8 Å². The molecule has 0 saturated heterocycles. The summed E-state index contributed by atoms with van der Waals surface area (Å²) in [6.45, 7) is 0. The molecule has 142 valence electrons. The van der Waals surface area contributed by atoms with Crippen LogP contribution in [0.25, 0.3) is 11.0 Å². The van der Waals surface area contributed by atoms with E-state index in [0.29, 0.717) is 17.8 Å². The molecule has 0 radical (unpaired) electrons. The van der Waals surface area contributed by atoms with E-state index in [1.165, 1.54) is 6.07 Å². The van der Waals surface area contributed by atoms with E-state index in [0.717, 1.165) is 22.1 Å². The van der Waals surface area contributed by atoms with Crippen molar-refractivity contribution >= 4 is 11.0 Å². The zero-order valence-corrected chi connectivity index (χ0v) is 16.0. The molecular weight excluding hydrogens is 362 g/mol. The van der Waals surface area contributed by atoms with Gasteiger partial charge in [0.05, 0.1) is 13.2 Å². The fraction of sp³-hybridized carbons (Fsp3) is 0.120. The van der Waals surface area contributed by atoms with Crippen LogP contribution in [0.15, 0.2) is 94.1 Å². The van der Waals surface area contributed by atoms with Gasteiger partial charge in [-0.15, -0.1) is 0 Å². The van der Waals surface area contributed by atoms with Gasteiger partial charge in [-0.1, -0.05) is 60.7 Å². The molecule has 4 heteroatoms. The van der Waals surface area contributed by atoms with Crippen molar-refractivity contribution in [1.29, 1.82) is 5.26 Å². The van der Waals surface area contributed by atoms with E-state index >= 15 is 0 Å². The lowest BCUT2D eigenvalue weighted by atomic mass is 9.71. The van der Waals surface area contributed by atoms with Crippen molar-refractivity contribution in [1.82, 2.24) is 0 Å². The van der Waals surface area contributed by atoms with E-state index in [1.54, 1.807) is 13.2 Å². The topological polar surface area (TPSA) is 63.2 Å². The number of rotatable bonds is 5. The van der Waals surface area contributed by atoms with Crippen molar-refractivity contribution in [2.24, 2.45) is 0 Å². The van der Waals surface area contributed by atoms with Gasteiger partial charge in [-0.3, -0.25) is 0 Å². The monoisotopic (exact) mass is 381 g/mol. The van der Waals surface area contributed by atoms with E-state index in [2.05, 4.69) is 6.07 Å². The first kappa shape index (κ1) is 18.5. The number of ether oxygens (including phenoxy) is 1. The molecule has 0 bridgehead atoms. The molecule has 0 amide bonds. The molecule has 0 spiro atoms. The third-order valence-electron chi connectivity index (χ3n) is 5.22. The Kier molecular flexibility index (Phi) is 4.88. The second-order valence-corrected chi connectivity index (χ2v) is 6.88. The molecule has 0 aliphatic rings. The molecule has 0 aliphatic heterocycles. The van der Waals surface area contributed by atoms with Crippen molar-refractivity contribution in [3.63, 3.8) is 0 Å². The van der Waals surface area contributed by atoms with Gasteiger partial charge < -0.3 is 9.15 Å². The summed E-state index contributed by atoms with van der Waals surface area (Å²) in [4.78, 5) is 12.3. The van der Waals surface area contributed by atoms with Crippen LogP contribution in [0.5, 0.6) is 5.75 Å². The molecule has 0 saturated carbocycles. The lowest BCUT2D eigenvalue weighted by Crippen LogP contribution is -2.29. The Balaban J connectivity index is 1.95. The van der Waals surface area contributed by atoms with Gasteiger partial charge in [0.2, 0.25) is 0 Å². The first-order chi connectivity index (χ1) is 14.2. The van der Waals surface area contributed by atoms with Gasteiger partial charge >= 0.3 is 5.63 Å². The molecule has 0 atom stereocenters. The number of nitrogens with zero attached hydrogens (tertiary/aromatic N) is 1. The highest BCUT2D eigenvalue weighted by Gasteiger charge is 2.35. The van der Waals surface area contributed by atoms with Crippen molar-refractivity contribution in [2.45, 2.75) is 11.8 Å². The van der Waals surface area contributed by atoms with Crippen LogP contribution in [-0.4, -0.2) is 7.11 Å². The van der Waals surface area contributed by atoms with Crippen LogP contribution >= 0.6 is 0 Å². The summed E-state index contributed by atoms with van der Waals surface area (Å²) in [5, 5.41) is 11.2. The van der Waals surface area contributed by atoms with Crippen molar-refractivity contribution < 1.29 is 9.15 Å². The second-order valence-electron chi connectivity index (χ2n) is 6.88. The minimum absolute atomic E-state index is 0.339. The van der Waals surface area contributed by atoms with Crippen molar-refractivity contribution in [3.8, 4) is 11.8 Å². The Morgan fingerprint density at radius 1 is 0.931 bits per heavy atom. The van der Waals surface area contributed by atoms with Crippen LogP contribution in [0.1, 0.15) is 16.7 Å². The Morgan fingerprint density at radius 2 is 1.55 bits per heavy atom. The van der Waals surface area contributed by atoms with Gasteiger partial charge in [-0.2, -0.15) is 5.26 Å². The highest BCUT2D eigenvalue weighted by atomic mass is 16.5. The van der Waals surface area contributed by atoms with Gasteiger partial charge in [0.15, 0.2) is 0 Å². The predicted molar refractivity (Wildman–Crippen MR) is 112 cm³/mol. The highest BCUT2D eigenvalue weighted by molar-refractivity contribution is 5.82. The van der Waals surface area contributed by atoms with Gasteiger partial charge in [-0.25, -0.2) is 4.79 Å². The quantitative estimate of drug-likeness (QED) is 0.464. The summed E-state index contributed by atoms with van der Waals surface area (Å²) >= 11 is 0. The maximum atomic E-state index is 12.3. The summed E-state index contributed by atoms with van der Waals surface area (Å²) in [5.41, 5.74) is 1.57. The molecule has 0 unspecified atom stereocenters. The third kappa shape index (κ3) is 3.39. The van der Waals surface area contributed by atoms with E-state index in [4.69, 9.17) is 9.15 Å². The molecule has 4 nitrogen and oxygen atoms in total. The van der Waals surface area contributed by atoms with Gasteiger partial charge in [0.1, 0.15) is 16.7 Å². The Morgan fingerprint density at radius 3 is 2.10 bits per heavy atom. The number of nitriles is 1. The number of methoxy groups -OCH3 is 1. The lowest BCUT2D eigenvalue weighted by molar-refractivity contribution is 0.414. The highest BCUT2D eigenvalue weighted by Crippen LogP contribution is 2.37. The van der Waals surface area contributed by atoms with E-state index in [-0.39, 0.29) is 0 Å². The molecule has 0 aliphatic carbocycles. The molecule has 3 aromatic carbocycles. The summed E-state index contributed by atoms with van der Waals surface area (Å²) in [5.74, 6) is 0.607. The summed E-state index contributed by atoms with van der Waals surface area (Å²) in [7, 11) is 1.56. The minimum Gasteiger partial charge on any atom is -0.497 e. The Bertz CT molecular complexity index is 1200. The fourth-order valence-corrected chi connectivity index (χ4v) is 3.75. The van der Waals surface area contributed by atoms with Crippen molar-refractivity contribution in [3.05, 3.63) is 112 Å². The van der Waals surface area contributed by atoms with Crippen LogP contribution < -0.4 is 10.4 Å². The third-order valence-corrected chi connectivity index (χ3v) is 5.22. The lowest BCUT2D eigenvalue weighted by Gasteiger charge is -2.28. The molecule has 0 fully saturated rings. The van der Waals surface area contributed by atoms with Crippen molar-refractivity contribution in [2.75, 3.05) is 7.11 Å². The SMILES string of the molecule is COc1ccc2c(CC(C#N)(c3ccccc3)c3ccccc3)cc(=O)oc2c1. The summed E-state index contributed by atoms with van der Waals surface area (Å²) < 4.78 is 10.6. The predicted octanol–water partition coefficient (Wildman–Crippen LogP) is 4.85. The fourth-order valence-electron chi connectivity index (χ4n) is 3.75. The van der Waals surface area contributed by atoms with E-state index in [1.807, 2.05) is 72.8 Å². The van der Waals surface area contributed by atoms with E-state index in [9.17, 15) is 10.1 Å². The smallest absolute Gasteiger partial charge is 0.336 e. The maximum Gasteiger partial charge on any atom is 0.336 e. The molecular formula is C25H19NO3. The first-order valence-corrected chi connectivity index (χ1v) is 9.29. The molecule has 4 rings (SSSR count). The molecule has 4 aromatic rings. The summed E-state index contributed by atoms with van der Waals surface area (Å²) in [6.07, 6.45) is 0.339. The molecule has 1 heterocycles. The normalized spacial score (nSPS) is 11.2. The van der Waals surface area contributed by atoms with E-state index < -0.39 is 11.0 Å². The molecule has 29 heavy (non-hydrogen) atoms. The number of hydrogen-bond donors (Lipinski definition) is 0. The molecule has 0 N–H and O–H groups in total.